The van der Waals surface area contributed by atoms with Crippen molar-refractivity contribution in [1.82, 2.24) is 5.32 Å². The largest absolute Gasteiger partial charge is 0.481 e. The molecule has 0 rings (SSSR count). The van der Waals surface area contributed by atoms with Crippen molar-refractivity contribution in [2.75, 3.05) is 0 Å². The third-order valence-electron chi connectivity index (χ3n) is 9.00. The first-order chi connectivity index (χ1) is 24.3. The third-order valence-corrected chi connectivity index (χ3v) is 9.00. The second-order valence-corrected chi connectivity index (χ2v) is 14.1. The number of hydrogen-bond donors (Lipinski definition) is 7. The lowest BCUT2D eigenvalue weighted by Gasteiger charge is -2.33. The van der Waals surface area contributed by atoms with Crippen molar-refractivity contribution in [1.29, 1.82) is 0 Å². The van der Waals surface area contributed by atoms with E-state index >= 15 is 0 Å². The number of carbonyl (C=O) groups is 7. The van der Waals surface area contributed by atoms with Crippen molar-refractivity contribution in [2.24, 2.45) is 23.7 Å². The Labute approximate surface area is 305 Å². The van der Waals surface area contributed by atoms with Gasteiger partial charge < -0.3 is 45.4 Å². The van der Waals surface area contributed by atoms with Gasteiger partial charge in [0.1, 0.15) is 12.2 Å². The van der Waals surface area contributed by atoms with Crippen LogP contribution in [0.2, 0.25) is 0 Å². The molecular formula is C36H61NO15. The van der Waals surface area contributed by atoms with Crippen molar-refractivity contribution in [2.45, 2.75) is 161 Å². The number of hydrogen-bond acceptors (Lipinski definition) is 11. The highest BCUT2D eigenvalue weighted by atomic mass is 16.6. The molecule has 0 fully saturated rings. The Hall–Kier alpha value is -3.79. The maximum Gasteiger partial charge on any atom is 0.307 e. The zero-order valence-electron chi connectivity index (χ0n) is 31.2. The summed E-state index contributed by atoms with van der Waals surface area (Å²) in [4.78, 5) is 82.9. The predicted molar refractivity (Wildman–Crippen MR) is 186 cm³/mol. The third kappa shape index (κ3) is 22.2. The van der Waals surface area contributed by atoms with Gasteiger partial charge in [-0.25, -0.2) is 0 Å². The van der Waals surface area contributed by atoms with Crippen molar-refractivity contribution < 1.29 is 73.7 Å². The van der Waals surface area contributed by atoms with Crippen molar-refractivity contribution in [3.8, 4) is 0 Å². The van der Waals surface area contributed by atoms with Gasteiger partial charge in [-0.05, 0) is 38.0 Å². The van der Waals surface area contributed by atoms with E-state index in [9.17, 15) is 54.0 Å². The lowest BCUT2D eigenvalue weighted by molar-refractivity contribution is -0.177. The highest BCUT2D eigenvalue weighted by Crippen LogP contribution is 2.29. The molecule has 0 aromatic rings. The van der Waals surface area contributed by atoms with Crippen LogP contribution in [0.4, 0.5) is 0 Å². The molecule has 1 amide bonds. The molecule has 9 atom stereocenters. The number of aliphatic carboxylic acids is 4. The average molecular weight is 748 g/mol. The van der Waals surface area contributed by atoms with E-state index in [1.54, 1.807) is 13.8 Å². The fourth-order valence-corrected chi connectivity index (χ4v) is 5.99. The standard InChI is InChI=1S/C36H61NO15/c1-6-7-13-22(3)34(52-33(46)19-26(36(49)50)17-31(43)44)29(51-32(45)18-25(35(47)48)16-30(41)42)15-21(2)12-10-8-9-11-14-27(39)20-28(40)23(4)37-24(5)38/h21-23,25-29,34,39-40H,6-20H2,1-5H3,(H,37,38)(H,41,42)(H,43,44)(H,47,48)(H,49,50)/t21-,22+,23+,25+,26+,27-,28+,29-,34+/m0/s1. The zero-order valence-corrected chi connectivity index (χ0v) is 31.2. The van der Waals surface area contributed by atoms with E-state index < -0.39 is 110 Å². The van der Waals surface area contributed by atoms with Gasteiger partial charge in [-0.15, -0.1) is 0 Å². The molecule has 0 unspecified atom stereocenters. The number of unbranched alkanes of at least 4 members (excludes halogenated alkanes) is 4. The van der Waals surface area contributed by atoms with Crippen molar-refractivity contribution >= 4 is 41.7 Å². The Morgan fingerprint density at radius 2 is 1.13 bits per heavy atom. The van der Waals surface area contributed by atoms with E-state index in [-0.39, 0.29) is 24.7 Å². The molecule has 0 heterocycles. The van der Waals surface area contributed by atoms with E-state index in [0.717, 1.165) is 25.7 Å². The maximum absolute atomic E-state index is 13.1. The average Bonchev–Trinajstić information content (AvgIpc) is 3.02. The summed E-state index contributed by atoms with van der Waals surface area (Å²) < 4.78 is 11.5. The molecule has 16 heteroatoms. The van der Waals surface area contributed by atoms with Gasteiger partial charge in [-0.1, -0.05) is 65.7 Å². The van der Waals surface area contributed by atoms with Crippen LogP contribution >= 0.6 is 0 Å². The Bertz CT molecular complexity index is 1140. The first kappa shape index (κ1) is 48.2. The van der Waals surface area contributed by atoms with E-state index in [4.69, 9.17) is 19.7 Å². The van der Waals surface area contributed by atoms with Crippen LogP contribution in [0.25, 0.3) is 0 Å². The summed E-state index contributed by atoms with van der Waals surface area (Å²) in [7, 11) is 0. The van der Waals surface area contributed by atoms with Gasteiger partial charge in [0.05, 0.1) is 55.8 Å². The fraction of sp³-hybridized carbons (Fsp3) is 0.806. The van der Waals surface area contributed by atoms with Gasteiger partial charge >= 0.3 is 35.8 Å². The number of ether oxygens (including phenoxy) is 2. The van der Waals surface area contributed by atoms with Crippen LogP contribution in [0.15, 0.2) is 0 Å². The maximum atomic E-state index is 13.1. The Morgan fingerprint density at radius 3 is 1.60 bits per heavy atom. The van der Waals surface area contributed by atoms with Crippen LogP contribution < -0.4 is 5.32 Å². The van der Waals surface area contributed by atoms with E-state index in [2.05, 4.69) is 5.32 Å². The summed E-state index contributed by atoms with van der Waals surface area (Å²) in [5.74, 6) is -11.7. The van der Waals surface area contributed by atoms with E-state index in [1.165, 1.54) is 6.92 Å². The quantitative estimate of drug-likeness (QED) is 0.0407. The van der Waals surface area contributed by atoms with Crippen molar-refractivity contribution in [3.63, 3.8) is 0 Å². The molecule has 0 aromatic heterocycles. The van der Waals surface area contributed by atoms with E-state index in [0.29, 0.717) is 32.1 Å². The highest BCUT2D eigenvalue weighted by Gasteiger charge is 2.37. The van der Waals surface area contributed by atoms with Crippen LogP contribution in [0, 0.1) is 23.7 Å². The summed E-state index contributed by atoms with van der Waals surface area (Å²) >= 11 is 0. The van der Waals surface area contributed by atoms with Gasteiger partial charge in [0, 0.05) is 13.3 Å². The summed E-state index contributed by atoms with van der Waals surface area (Å²) in [6, 6.07) is -0.489. The number of carboxylic acid groups (broad SMARTS) is 4. The number of esters is 2. The minimum Gasteiger partial charge on any atom is -0.481 e. The summed E-state index contributed by atoms with van der Waals surface area (Å²) in [5.41, 5.74) is 0. The summed E-state index contributed by atoms with van der Waals surface area (Å²) in [6.45, 7) is 8.62. The molecule has 0 saturated heterocycles. The Kier molecular flexibility index (Phi) is 24.2. The molecule has 16 nitrogen and oxygen atoms in total. The molecule has 300 valence electrons. The number of carbonyl (C=O) groups excluding carboxylic acids is 3. The second kappa shape index (κ2) is 26.0. The fourth-order valence-electron chi connectivity index (χ4n) is 5.99. The number of nitrogens with one attached hydrogen (secondary N) is 1. The number of amides is 1. The van der Waals surface area contributed by atoms with Gasteiger partial charge in [0.15, 0.2) is 0 Å². The molecule has 0 aliphatic heterocycles. The number of aliphatic hydroxyl groups is 2. The monoisotopic (exact) mass is 747 g/mol. The molecule has 7 N–H and O–H groups in total. The first-order valence-electron chi connectivity index (χ1n) is 18.2. The van der Waals surface area contributed by atoms with Crippen LogP contribution in [0.1, 0.15) is 131 Å². The van der Waals surface area contributed by atoms with Crippen LogP contribution in [-0.2, 0) is 43.0 Å². The molecule has 0 bridgehead atoms. The van der Waals surface area contributed by atoms with Crippen LogP contribution in [-0.4, -0.2) is 103 Å². The van der Waals surface area contributed by atoms with Gasteiger partial charge in [0.2, 0.25) is 5.91 Å². The molecule has 0 aliphatic rings. The predicted octanol–water partition coefficient (Wildman–Crippen LogP) is 3.77. The van der Waals surface area contributed by atoms with Crippen molar-refractivity contribution in [3.05, 3.63) is 0 Å². The minimum atomic E-state index is -1.56. The molecule has 0 aliphatic carbocycles. The normalized spacial score (nSPS) is 16.5. The number of aliphatic hydroxyl groups excluding tert-OH is 2. The zero-order chi connectivity index (χ0) is 40.0. The molecule has 0 radical (unpaired) electrons. The number of carboxylic acids is 4. The topological polar surface area (TPSA) is 271 Å². The van der Waals surface area contributed by atoms with Gasteiger partial charge in [-0.3, -0.25) is 33.6 Å². The highest BCUT2D eigenvalue weighted by molar-refractivity contribution is 5.84. The summed E-state index contributed by atoms with van der Waals surface area (Å²) in [5, 5.41) is 60.2. The van der Waals surface area contributed by atoms with E-state index in [1.807, 2.05) is 13.8 Å². The van der Waals surface area contributed by atoms with Gasteiger partial charge in [0.25, 0.3) is 0 Å². The molecule has 0 spiro atoms. The summed E-state index contributed by atoms with van der Waals surface area (Å²) in [6.07, 6.45) is -0.416. The van der Waals surface area contributed by atoms with Crippen LogP contribution in [0.3, 0.4) is 0 Å². The Balaban J connectivity index is 5.75. The number of rotatable bonds is 30. The first-order valence-corrected chi connectivity index (χ1v) is 18.2. The molecule has 0 saturated carbocycles. The minimum absolute atomic E-state index is 0.110. The second-order valence-electron chi connectivity index (χ2n) is 14.1. The van der Waals surface area contributed by atoms with Gasteiger partial charge in [-0.2, -0.15) is 0 Å². The smallest absolute Gasteiger partial charge is 0.307 e. The molecular weight excluding hydrogens is 686 g/mol. The SMILES string of the molecule is CCCC[C@@H](C)[C@@H](OC(=O)C[C@@H](CC(=O)O)C(=O)O)[C@H](C[C@@H](C)CCCCCC[C@H](O)C[C@@H](O)[C@@H](C)NC(C)=O)OC(=O)C[C@@H](CC(=O)O)C(=O)O. The van der Waals surface area contributed by atoms with Crippen LogP contribution in [0.5, 0.6) is 0 Å². The lowest BCUT2D eigenvalue weighted by Crippen LogP contribution is -2.42. The molecule has 52 heavy (non-hydrogen) atoms. The molecule has 0 aromatic carbocycles. The lowest BCUT2D eigenvalue weighted by atomic mass is 9.87. The Morgan fingerprint density at radius 1 is 0.635 bits per heavy atom.